The summed E-state index contributed by atoms with van der Waals surface area (Å²) in [6.45, 7) is 1.85. The van der Waals surface area contributed by atoms with Crippen LogP contribution in [0.5, 0.6) is 11.5 Å². The number of ether oxygens (including phenoxy) is 4. The van der Waals surface area contributed by atoms with Crippen molar-refractivity contribution in [1.29, 1.82) is 0 Å². The summed E-state index contributed by atoms with van der Waals surface area (Å²) in [5.41, 5.74) is 5.78. The number of fused-ring (bicyclic) bond motifs is 2. The number of carbonyl (C=O) groups is 2. The van der Waals surface area contributed by atoms with Crippen molar-refractivity contribution in [1.82, 2.24) is 5.32 Å². The number of anilines is 2. The average Bonchev–Trinajstić information content (AvgIpc) is 3.05. The van der Waals surface area contributed by atoms with Gasteiger partial charge in [-0.05, 0) is 48.5 Å². The lowest BCUT2D eigenvalue weighted by Crippen LogP contribution is -2.44. The summed E-state index contributed by atoms with van der Waals surface area (Å²) in [5, 5.41) is 27.9. The van der Waals surface area contributed by atoms with Crippen molar-refractivity contribution in [2.75, 3.05) is 63.6 Å². The monoisotopic (exact) mass is 623 g/mol. The zero-order chi connectivity index (χ0) is 31.1. The number of benzene rings is 2. The van der Waals surface area contributed by atoms with Crippen LogP contribution >= 0.6 is 11.8 Å². The Kier molecular flexibility index (Phi) is 10.0. The van der Waals surface area contributed by atoms with Crippen LogP contribution in [0, 0.1) is 0 Å². The molecule has 2 atom stereocenters. The van der Waals surface area contributed by atoms with Crippen LogP contribution in [0.25, 0.3) is 0 Å². The first-order valence-electron chi connectivity index (χ1n) is 13.7. The zero-order valence-corrected chi connectivity index (χ0v) is 25.0. The summed E-state index contributed by atoms with van der Waals surface area (Å²) in [6.07, 6.45) is 0. The molecule has 0 radical (unpaired) electrons. The molecule has 2 aromatic rings. The van der Waals surface area contributed by atoms with Crippen LogP contribution in [0.1, 0.15) is 0 Å². The highest BCUT2D eigenvalue weighted by molar-refractivity contribution is 8.04. The van der Waals surface area contributed by atoms with Crippen LogP contribution in [0.4, 0.5) is 11.4 Å². The third kappa shape index (κ3) is 7.51. The maximum absolute atomic E-state index is 11.1. The molecule has 44 heavy (non-hydrogen) atoms. The quantitative estimate of drug-likeness (QED) is 0.292. The Balaban J connectivity index is 0.000000175. The highest BCUT2D eigenvalue weighted by Crippen LogP contribution is 2.32. The number of carboxylic acids is 2. The van der Waals surface area contributed by atoms with Crippen molar-refractivity contribution in [2.24, 2.45) is 9.98 Å². The van der Waals surface area contributed by atoms with Gasteiger partial charge in [-0.3, -0.25) is 9.98 Å². The Morgan fingerprint density at radius 2 is 1.32 bits per heavy atom. The fraction of sp³-hybridized carbons (Fsp3) is 0.333. The Morgan fingerprint density at radius 1 is 0.795 bits per heavy atom. The average molecular weight is 624 g/mol. The van der Waals surface area contributed by atoms with Crippen LogP contribution in [0.3, 0.4) is 0 Å². The SMILES string of the molecule is COc1ccc(NC2=C3NCC(C(=O)O)N=C3COC2)cc1.COc1ccc(NC2=C3SCC(C(=O)O)N=C3COC2)cc1. The van der Waals surface area contributed by atoms with Gasteiger partial charge in [0.2, 0.25) is 0 Å². The second-order valence-electron chi connectivity index (χ2n) is 9.91. The topological polar surface area (TPSA) is 172 Å². The van der Waals surface area contributed by atoms with Gasteiger partial charge in [-0.2, -0.15) is 0 Å². The molecule has 4 aliphatic heterocycles. The lowest BCUT2D eigenvalue weighted by atomic mass is 10.1. The van der Waals surface area contributed by atoms with E-state index in [0.29, 0.717) is 43.6 Å². The molecule has 4 aliphatic rings. The molecule has 2 aromatic carbocycles. The number of thioether (sulfide) groups is 1. The van der Waals surface area contributed by atoms with E-state index in [2.05, 4.69) is 25.9 Å². The standard InChI is InChI=1S/C15H17N3O4.C15H16N2O4S/c1-21-10-4-2-9(3-5-10)17-12-7-22-8-13-14(12)16-6-11(18-13)15(19)20;1-20-10-4-2-9(3-5-10)16-11-6-21-7-12-14(11)22-8-13(17-12)15(18)19/h2-5,11,16-17H,6-8H2,1H3,(H,19,20);2-5,13,16H,6-8H2,1H3,(H,18,19). The van der Waals surface area contributed by atoms with Gasteiger partial charge >= 0.3 is 11.9 Å². The summed E-state index contributed by atoms with van der Waals surface area (Å²) in [6, 6.07) is 13.7. The highest BCUT2D eigenvalue weighted by Gasteiger charge is 2.30. The van der Waals surface area contributed by atoms with Crippen molar-refractivity contribution in [3.05, 3.63) is 70.5 Å². The van der Waals surface area contributed by atoms with E-state index in [1.807, 2.05) is 48.5 Å². The number of carboxylic acid groups (broad SMARTS) is 2. The molecule has 0 saturated carbocycles. The van der Waals surface area contributed by atoms with Gasteiger partial charge in [-0.15, -0.1) is 11.8 Å². The van der Waals surface area contributed by atoms with E-state index in [4.69, 9.17) is 29.2 Å². The molecule has 14 heteroatoms. The molecule has 0 aliphatic carbocycles. The van der Waals surface area contributed by atoms with Crippen molar-refractivity contribution in [3.63, 3.8) is 0 Å². The summed E-state index contributed by atoms with van der Waals surface area (Å²) in [5.74, 6) is 0.192. The predicted octanol–water partition coefficient (Wildman–Crippen LogP) is 2.84. The van der Waals surface area contributed by atoms with E-state index in [9.17, 15) is 9.59 Å². The van der Waals surface area contributed by atoms with Gasteiger partial charge in [0.1, 0.15) is 11.5 Å². The van der Waals surface area contributed by atoms with Gasteiger partial charge in [0.05, 0.1) is 74.1 Å². The number of nitrogens with zero attached hydrogens (tertiary/aromatic N) is 2. The summed E-state index contributed by atoms with van der Waals surface area (Å²) < 4.78 is 21.3. The van der Waals surface area contributed by atoms with Crippen molar-refractivity contribution >= 4 is 46.5 Å². The fourth-order valence-corrected chi connectivity index (χ4v) is 5.78. The second-order valence-corrected chi connectivity index (χ2v) is 10.9. The maximum Gasteiger partial charge on any atom is 0.330 e. The lowest BCUT2D eigenvalue weighted by molar-refractivity contribution is -0.139. The number of hydrogen-bond donors (Lipinski definition) is 5. The molecule has 0 amide bonds. The van der Waals surface area contributed by atoms with E-state index in [-0.39, 0.29) is 6.54 Å². The van der Waals surface area contributed by atoms with E-state index in [1.165, 1.54) is 11.8 Å². The Hall–Kier alpha value is -4.53. The molecule has 0 spiro atoms. The third-order valence-electron chi connectivity index (χ3n) is 6.92. The third-order valence-corrected chi connectivity index (χ3v) is 8.17. The normalized spacial score (nSPS) is 20.8. The minimum Gasteiger partial charge on any atom is -0.497 e. The summed E-state index contributed by atoms with van der Waals surface area (Å²) >= 11 is 1.52. The van der Waals surface area contributed by atoms with E-state index in [1.54, 1.807) is 14.2 Å². The smallest absolute Gasteiger partial charge is 0.330 e. The molecule has 5 N–H and O–H groups in total. The first-order chi connectivity index (χ1) is 21.3. The highest BCUT2D eigenvalue weighted by atomic mass is 32.2. The first kappa shape index (κ1) is 30.9. The van der Waals surface area contributed by atoms with Crippen molar-refractivity contribution in [3.8, 4) is 11.5 Å². The van der Waals surface area contributed by atoms with E-state index >= 15 is 0 Å². The molecular weight excluding hydrogens is 590 g/mol. The largest absolute Gasteiger partial charge is 0.497 e. The first-order valence-corrected chi connectivity index (χ1v) is 14.7. The molecule has 13 nitrogen and oxygen atoms in total. The predicted molar refractivity (Wildman–Crippen MR) is 167 cm³/mol. The number of rotatable bonds is 8. The Labute approximate surface area is 258 Å². The fourth-order valence-electron chi connectivity index (χ4n) is 4.68. The molecule has 232 valence electrons. The molecule has 6 rings (SSSR count). The Bertz CT molecular complexity index is 1390. The van der Waals surface area contributed by atoms with Gasteiger partial charge in [-0.25, -0.2) is 9.59 Å². The number of hydrogen-bond acceptors (Lipinski definition) is 12. The second kappa shape index (κ2) is 14.3. The van der Waals surface area contributed by atoms with Crippen LogP contribution in [0.15, 0.2) is 80.5 Å². The zero-order valence-electron chi connectivity index (χ0n) is 24.2. The Morgan fingerprint density at radius 3 is 1.89 bits per heavy atom. The van der Waals surface area contributed by atoms with Crippen LogP contribution < -0.4 is 25.4 Å². The summed E-state index contributed by atoms with van der Waals surface area (Å²) in [4.78, 5) is 31.6. The number of aliphatic imine (C=N–C) groups is 2. The molecule has 0 bridgehead atoms. The van der Waals surface area contributed by atoms with Crippen LogP contribution in [0.2, 0.25) is 0 Å². The van der Waals surface area contributed by atoms with Crippen LogP contribution in [-0.4, -0.2) is 98.6 Å². The number of aliphatic carboxylic acids is 2. The van der Waals surface area contributed by atoms with Gasteiger partial charge in [-0.1, -0.05) is 0 Å². The lowest BCUT2D eigenvalue weighted by Gasteiger charge is -2.29. The van der Waals surface area contributed by atoms with Gasteiger partial charge < -0.3 is 45.1 Å². The van der Waals surface area contributed by atoms with Gasteiger partial charge in [0.15, 0.2) is 12.1 Å². The molecule has 2 unspecified atom stereocenters. The molecule has 0 fully saturated rings. The summed E-state index contributed by atoms with van der Waals surface area (Å²) in [7, 11) is 3.25. The minimum atomic E-state index is -0.936. The van der Waals surface area contributed by atoms with E-state index in [0.717, 1.165) is 44.9 Å². The van der Waals surface area contributed by atoms with Gasteiger partial charge in [0.25, 0.3) is 0 Å². The molecular formula is C30H33N5O8S. The van der Waals surface area contributed by atoms with Gasteiger partial charge in [0, 0.05) is 23.7 Å². The molecule has 4 heterocycles. The van der Waals surface area contributed by atoms with Crippen molar-refractivity contribution in [2.45, 2.75) is 12.1 Å². The number of nitrogens with one attached hydrogen (secondary N) is 3. The minimum absolute atomic E-state index is 0.280. The number of methoxy groups -OCH3 is 2. The van der Waals surface area contributed by atoms with E-state index < -0.39 is 24.0 Å². The molecule has 0 saturated heterocycles. The molecule has 0 aromatic heterocycles. The van der Waals surface area contributed by atoms with Crippen molar-refractivity contribution < 1.29 is 38.7 Å². The maximum atomic E-state index is 11.1. The van der Waals surface area contributed by atoms with Crippen LogP contribution in [-0.2, 0) is 19.1 Å².